The van der Waals surface area contributed by atoms with Crippen LogP contribution in [0.25, 0.3) is 0 Å². The van der Waals surface area contributed by atoms with E-state index in [-0.39, 0.29) is 4.90 Å². The lowest BCUT2D eigenvalue weighted by molar-refractivity contribution is 0.0780. The van der Waals surface area contributed by atoms with Crippen LogP contribution in [0.5, 0.6) is 0 Å². The lowest BCUT2D eigenvalue weighted by Crippen LogP contribution is -2.16. The summed E-state index contributed by atoms with van der Waals surface area (Å²) in [6.45, 7) is 3.16. The minimum absolute atomic E-state index is 0.122. The average Bonchev–Trinajstić information content (AvgIpc) is 2.01. The van der Waals surface area contributed by atoms with Crippen molar-refractivity contribution in [1.82, 2.24) is 4.98 Å². The van der Waals surface area contributed by atoms with E-state index >= 15 is 0 Å². The summed E-state index contributed by atoms with van der Waals surface area (Å²) in [4.78, 5) is 3.90. The summed E-state index contributed by atoms with van der Waals surface area (Å²) >= 11 is 0. The summed E-state index contributed by atoms with van der Waals surface area (Å²) < 4.78 is 22.4. The van der Waals surface area contributed by atoms with Gasteiger partial charge in [0.1, 0.15) is 0 Å². The highest BCUT2D eigenvalue weighted by atomic mass is 32.2. The van der Waals surface area contributed by atoms with Crippen molar-refractivity contribution >= 4 is 9.84 Å². The molecule has 0 atom stereocenters. The zero-order valence-corrected chi connectivity index (χ0v) is 9.17. The molecule has 0 aliphatic rings. The summed E-state index contributed by atoms with van der Waals surface area (Å²) in [6.07, 6.45) is 3.83. The smallest absolute Gasteiger partial charge is 0.177 e. The minimum Gasteiger partial charge on any atom is -0.386 e. The van der Waals surface area contributed by atoms with E-state index in [1.807, 2.05) is 0 Å². The molecule has 1 N–H and O–H groups in total. The maximum Gasteiger partial charge on any atom is 0.177 e. The Bertz CT molecular complexity index is 432. The van der Waals surface area contributed by atoms with E-state index in [2.05, 4.69) is 4.98 Å². The predicted octanol–water partition coefficient (Wildman–Crippen LogP) is 0.713. The second kappa shape index (κ2) is 3.33. The van der Waals surface area contributed by atoms with E-state index in [9.17, 15) is 13.5 Å². The fourth-order valence-electron chi connectivity index (χ4n) is 0.956. The number of hydrogen-bond acceptors (Lipinski definition) is 4. The topological polar surface area (TPSA) is 67.3 Å². The van der Waals surface area contributed by atoms with Gasteiger partial charge in [0.15, 0.2) is 9.84 Å². The van der Waals surface area contributed by atoms with Gasteiger partial charge in [-0.05, 0) is 19.9 Å². The lowest BCUT2D eigenvalue weighted by atomic mass is 10.0. The van der Waals surface area contributed by atoms with Crippen LogP contribution >= 0.6 is 0 Å². The minimum atomic E-state index is -3.26. The summed E-state index contributed by atoms with van der Waals surface area (Å²) in [5.41, 5.74) is -0.589. The molecule has 5 heteroatoms. The second-order valence-electron chi connectivity index (χ2n) is 3.74. The van der Waals surface area contributed by atoms with Gasteiger partial charge in [-0.1, -0.05) is 0 Å². The Morgan fingerprint density at radius 1 is 1.36 bits per heavy atom. The number of hydrogen-bond donors (Lipinski definition) is 1. The van der Waals surface area contributed by atoms with Crippen molar-refractivity contribution < 1.29 is 13.5 Å². The Balaban J connectivity index is 3.29. The maximum atomic E-state index is 11.2. The van der Waals surface area contributed by atoms with Crippen LogP contribution in [0.1, 0.15) is 19.4 Å². The third kappa shape index (κ3) is 2.52. The van der Waals surface area contributed by atoms with E-state index in [1.54, 1.807) is 13.8 Å². The van der Waals surface area contributed by atoms with Crippen LogP contribution in [0.2, 0.25) is 0 Å². The van der Waals surface area contributed by atoms with Gasteiger partial charge in [0.2, 0.25) is 0 Å². The average molecular weight is 215 g/mol. The van der Waals surface area contributed by atoms with Gasteiger partial charge in [0.25, 0.3) is 0 Å². The molecule has 4 nitrogen and oxygen atoms in total. The number of nitrogens with zero attached hydrogens (tertiary/aromatic N) is 1. The first-order chi connectivity index (χ1) is 6.21. The molecule has 1 aromatic rings. The number of aromatic nitrogens is 1. The molecule has 0 amide bonds. The maximum absolute atomic E-state index is 11.2. The van der Waals surface area contributed by atoms with Crippen LogP contribution in [0.3, 0.4) is 0 Å². The second-order valence-corrected chi connectivity index (χ2v) is 5.76. The van der Waals surface area contributed by atoms with E-state index in [1.165, 1.54) is 18.5 Å². The normalized spacial score (nSPS) is 12.9. The summed E-state index contributed by atoms with van der Waals surface area (Å²) in [6, 6.07) is 1.43. The molecule has 1 aromatic heterocycles. The molecule has 0 aliphatic heterocycles. The van der Waals surface area contributed by atoms with Crippen LogP contribution in [-0.4, -0.2) is 24.8 Å². The van der Waals surface area contributed by atoms with Crippen LogP contribution in [0.4, 0.5) is 0 Å². The molecule has 14 heavy (non-hydrogen) atoms. The first-order valence-electron chi connectivity index (χ1n) is 4.09. The SMILES string of the molecule is CC(C)(O)c1cncc(S(C)(=O)=O)c1. The van der Waals surface area contributed by atoms with Crippen LogP contribution < -0.4 is 0 Å². The number of pyridine rings is 1. The summed E-state index contributed by atoms with van der Waals surface area (Å²) in [7, 11) is -3.26. The Labute approximate surface area is 83.5 Å². The third-order valence-electron chi connectivity index (χ3n) is 1.85. The van der Waals surface area contributed by atoms with Crippen LogP contribution in [-0.2, 0) is 15.4 Å². The fraction of sp³-hybridized carbons (Fsp3) is 0.444. The van der Waals surface area contributed by atoms with Gasteiger partial charge in [-0.15, -0.1) is 0 Å². The zero-order valence-electron chi connectivity index (χ0n) is 8.35. The van der Waals surface area contributed by atoms with Crippen molar-refractivity contribution in [1.29, 1.82) is 0 Å². The van der Waals surface area contributed by atoms with Crippen molar-refractivity contribution in [3.63, 3.8) is 0 Å². The standard InChI is InChI=1S/C9H13NO3S/c1-9(2,11)7-4-8(6-10-5-7)14(3,12)13/h4-6,11H,1-3H3. The molecule has 0 aromatic carbocycles. The number of sulfone groups is 1. The first-order valence-corrected chi connectivity index (χ1v) is 5.98. The predicted molar refractivity (Wildman–Crippen MR) is 52.6 cm³/mol. The van der Waals surface area contributed by atoms with Gasteiger partial charge in [0.05, 0.1) is 10.5 Å². The molecule has 0 saturated carbocycles. The first kappa shape index (κ1) is 11.1. The fourth-order valence-corrected chi connectivity index (χ4v) is 1.55. The Morgan fingerprint density at radius 3 is 2.36 bits per heavy atom. The molecular formula is C9H13NO3S. The van der Waals surface area contributed by atoms with Gasteiger partial charge in [-0.25, -0.2) is 8.42 Å². The number of rotatable bonds is 2. The molecule has 1 heterocycles. The third-order valence-corrected chi connectivity index (χ3v) is 2.93. The molecular weight excluding hydrogens is 202 g/mol. The zero-order chi connectivity index (χ0) is 11.0. The molecule has 78 valence electrons. The summed E-state index contributed by atoms with van der Waals surface area (Å²) in [5.74, 6) is 0. The molecule has 0 aliphatic carbocycles. The molecule has 0 fully saturated rings. The van der Waals surface area contributed by atoms with E-state index in [4.69, 9.17) is 0 Å². The van der Waals surface area contributed by atoms with Gasteiger partial charge < -0.3 is 5.11 Å². The monoisotopic (exact) mass is 215 g/mol. The Hall–Kier alpha value is -0.940. The summed E-state index contributed by atoms with van der Waals surface area (Å²) in [5, 5.41) is 9.64. The molecule has 0 bridgehead atoms. The quantitative estimate of drug-likeness (QED) is 0.789. The van der Waals surface area contributed by atoms with E-state index in [0.29, 0.717) is 5.56 Å². The number of aliphatic hydroxyl groups is 1. The Morgan fingerprint density at radius 2 is 1.93 bits per heavy atom. The highest BCUT2D eigenvalue weighted by Gasteiger charge is 2.18. The molecule has 0 spiro atoms. The van der Waals surface area contributed by atoms with Gasteiger partial charge in [-0.2, -0.15) is 0 Å². The lowest BCUT2D eigenvalue weighted by Gasteiger charge is -2.17. The molecule has 0 saturated heterocycles. The highest BCUT2D eigenvalue weighted by molar-refractivity contribution is 7.90. The van der Waals surface area contributed by atoms with Gasteiger partial charge in [-0.3, -0.25) is 4.98 Å². The Kier molecular flexibility index (Phi) is 2.65. The largest absolute Gasteiger partial charge is 0.386 e. The van der Waals surface area contributed by atoms with E-state index in [0.717, 1.165) is 6.26 Å². The van der Waals surface area contributed by atoms with Gasteiger partial charge in [0, 0.05) is 24.2 Å². The van der Waals surface area contributed by atoms with Crippen molar-refractivity contribution in [3.8, 4) is 0 Å². The highest BCUT2D eigenvalue weighted by Crippen LogP contribution is 2.20. The van der Waals surface area contributed by atoms with Crippen molar-refractivity contribution in [3.05, 3.63) is 24.0 Å². The van der Waals surface area contributed by atoms with Crippen molar-refractivity contribution in [2.75, 3.05) is 6.26 Å². The van der Waals surface area contributed by atoms with Crippen LogP contribution in [0, 0.1) is 0 Å². The molecule has 0 unspecified atom stereocenters. The molecule has 0 radical (unpaired) electrons. The molecule has 1 rings (SSSR count). The van der Waals surface area contributed by atoms with E-state index < -0.39 is 15.4 Å². The van der Waals surface area contributed by atoms with Crippen LogP contribution in [0.15, 0.2) is 23.4 Å². The van der Waals surface area contributed by atoms with Crippen molar-refractivity contribution in [2.45, 2.75) is 24.3 Å². The van der Waals surface area contributed by atoms with Gasteiger partial charge >= 0.3 is 0 Å². The van der Waals surface area contributed by atoms with Crippen molar-refractivity contribution in [2.24, 2.45) is 0 Å².